The van der Waals surface area contributed by atoms with Crippen molar-refractivity contribution in [2.45, 2.75) is 11.1 Å². The molecule has 0 amide bonds. The van der Waals surface area contributed by atoms with Crippen LogP contribution in [0, 0.1) is 5.82 Å². The summed E-state index contributed by atoms with van der Waals surface area (Å²) < 4.78 is 23.0. The van der Waals surface area contributed by atoms with Crippen molar-refractivity contribution in [2.24, 2.45) is 0 Å². The van der Waals surface area contributed by atoms with Gasteiger partial charge in [0.05, 0.1) is 4.83 Å². The van der Waals surface area contributed by atoms with Gasteiger partial charge in [-0.3, -0.25) is 0 Å². The van der Waals surface area contributed by atoms with Crippen molar-refractivity contribution < 1.29 is 13.9 Å². The van der Waals surface area contributed by atoms with Crippen molar-refractivity contribution in [1.29, 1.82) is 0 Å². The Hall–Kier alpha value is -0.450. The lowest BCUT2D eigenvalue weighted by atomic mass is 10.1. The number of halogens is 2. The van der Waals surface area contributed by atoms with Crippen molar-refractivity contribution in [3.8, 4) is 0 Å². The maximum Gasteiger partial charge on any atom is 0.173 e. The maximum atomic E-state index is 12.9. The zero-order valence-corrected chi connectivity index (χ0v) is 9.62. The molecule has 0 aliphatic rings. The van der Waals surface area contributed by atoms with Gasteiger partial charge in [0.25, 0.3) is 0 Å². The summed E-state index contributed by atoms with van der Waals surface area (Å²) in [6.45, 7) is 0. The third kappa shape index (κ3) is 2.77. The van der Waals surface area contributed by atoms with E-state index in [4.69, 9.17) is 9.47 Å². The summed E-state index contributed by atoms with van der Waals surface area (Å²) >= 11 is 3.39. The Morgan fingerprint density at radius 3 is 2.43 bits per heavy atom. The number of hydrogen-bond acceptors (Lipinski definition) is 2. The molecule has 0 spiro atoms. The van der Waals surface area contributed by atoms with Gasteiger partial charge in [-0.2, -0.15) is 0 Å². The van der Waals surface area contributed by atoms with Crippen LogP contribution < -0.4 is 0 Å². The van der Waals surface area contributed by atoms with E-state index >= 15 is 0 Å². The topological polar surface area (TPSA) is 18.5 Å². The largest absolute Gasteiger partial charge is 0.354 e. The zero-order chi connectivity index (χ0) is 10.6. The first-order valence-electron chi connectivity index (χ1n) is 4.14. The lowest BCUT2D eigenvalue weighted by molar-refractivity contribution is -0.101. The highest BCUT2D eigenvalue weighted by atomic mass is 79.9. The van der Waals surface area contributed by atoms with E-state index < -0.39 is 6.29 Å². The number of alkyl halides is 1. The fourth-order valence-electron chi connectivity index (χ4n) is 1.17. The summed E-state index contributed by atoms with van der Waals surface area (Å²) in [5.41, 5.74) is 0.790. The van der Waals surface area contributed by atoms with Gasteiger partial charge in [-0.1, -0.05) is 28.1 Å². The molecule has 1 atom stereocenters. The molecule has 0 saturated heterocycles. The molecule has 1 aromatic rings. The Morgan fingerprint density at radius 1 is 1.29 bits per heavy atom. The van der Waals surface area contributed by atoms with E-state index in [0.29, 0.717) is 0 Å². The van der Waals surface area contributed by atoms with E-state index in [1.807, 2.05) is 6.07 Å². The minimum atomic E-state index is -0.420. The fourth-order valence-corrected chi connectivity index (χ4v) is 1.89. The van der Waals surface area contributed by atoms with Crippen LogP contribution in [0.2, 0.25) is 0 Å². The normalized spacial score (nSPS) is 13.2. The predicted octanol–water partition coefficient (Wildman–Crippen LogP) is 2.88. The van der Waals surface area contributed by atoms with Gasteiger partial charge in [0.1, 0.15) is 5.82 Å². The molecule has 0 aromatic heterocycles. The van der Waals surface area contributed by atoms with E-state index in [2.05, 4.69) is 15.9 Å². The Kier molecular flexibility index (Phi) is 4.51. The zero-order valence-electron chi connectivity index (χ0n) is 8.04. The Morgan fingerprint density at radius 2 is 1.93 bits per heavy atom. The first-order chi connectivity index (χ1) is 6.69. The molecule has 0 fully saturated rings. The minimum Gasteiger partial charge on any atom is -0.354 e. The van der Waals surface area contributed by atoms with Crippen molar-refractivity contribution >= 4 is 15.9 Å². The number of rotatable bonds is 4. The smallest absolute Gasteiger partial charge is 0.173 e. The minimum absolute atomic E-state index is 0.173. The molecule has 1 aromatic carbocycles. The van der Waals surface area contributed by atoms with E-state index in [1.165, 1.54) is 12.1 Å². The van der Waals surface area contributed by atoms with Crippen molar-refractivity contribution in [1.82, 2.24) is 0 Å². The molecule has 1 unspecified atom stereocenters. The van der Waals surface area contributed by atoms with E-state index in [9.17, 15) is 4.39 Å². The predicted molar refractivity (Wildman–Crippen MR) is 55.9 cm³/mol. The van der Waals surface area contributed by atoms with Crippen LogP contribution in [0.15, 0.2) is 24.3 Å². The SMILES string of the molecule is COC(OC)C(Br)c1cccc(F)c1. The van der Waals surface area contributed by atoms with Gasteiger partial charge in [-0.15, -0.1) is 0 Å². The quantitative estimate of drug-likeness (QED) is 0.614. The Balaban J connectivity index is 2.82. The molecule has 0 N–H and O–H groups in total. The molecule has 78 valence electrons. The van der Waals surface area contributed by atoms with Crippen LogP contribution >= 0.6 is 15.9 Å². The van der Waals surface area contributed by atoms with Crippen molar-refractivity contribution in [3.63, 3.8) is 0 Å². The van der Waals surface area contributed by atoms with Crippen molar-refractivity contribution in [3.05, 3.63) is 35.6 Å². The average Bonchev–Trinajstić information content (AvgIpc) is 2.19. The van der Waals surface area contributed by atoms with Gasteiger partial charge >= 0.3 is 0 Å². The molecule has 0 aliphatic heterocycles. The molecule has 14 heavy (non-hydrogen) atoms. The van der Waals surface area contributed by atoms with Crippen molar-refractivity contribution in [2.75, 3.05) is 14.2 Å². The van der Waals surface area contributed by atoms with E-state index in [-0.39, 0.29) is 10.6 Å². The third-order valence-corrected chi connectivity index (χ3v) is 2.83. The maximum absolute atomic E-state index is 12.9. The lowest BCUT2D eigenvalue weighted by Gasteiger charge is -2.19. The number of methoxy groups -OCH3 is 2. The first-order valence-corrected chi connectivity index (χ1v) is 5.05. The second-order valence-corrected chi connectivity index (χ2v) is 3.78. The third-order valence-electron chi connectivity index (χ3n) is 1.87. The first kappa shape index (κ1) is 11.6. The molecular weight excluding hydrogens is 251 g/mol. The number of hydrogen-bond donors (Lipinski definition) is 0. The summed E-state index contributed by atoms with van der Waals surface area (Å²) in [6, 6.07) is 6.32. The van der Waals surface area contributed by atoms with E-state index in [1.54, 1.807) is 20.3 Å². The molecule has 0 aliphatic carbocycles. The van der Waals surface area contributed by atoms with Crippen LogP contribution in [0.5, 0.6) is 0 Å². The molecule has 0 bridgehead atoms. The Labute approximate surface area is 91.2 Å². The highest BCUT2D eigenvalue weighted by Gasteiger charge is 2.19. The van der Waals surface area contributed by atoms with Crippen LogP contribution in [-0.2, 0) is 9.47 Å². The molecule has 0 heterocycles. The molecular formula is C10H12BrFO2. The molecule has 1 rings (SSSR count). The average molecular weight is 263 g/mol. The fraction of sp³-hybridized carbons (Fsp3) is 0.400. The highest BCUT2D eigenvalue weighted by molar-refractivity contribution is 9.09. The highest BCUT2D eigenvalue weighted by Crippen LogP contribution is 2.28. The van der Waals surface area contributed by atoms with Crippen LogP contribution in [0.1, 0.15) is 10.4 Å². The number of benzene rings is 1. The molecule has 0 radical (unpaired) electrons. The molecule has 2 nitrogen and oxygen atoms in total. The van der Waals surface area contributed by atoms with Gasteiger partial charge < -0.3 is 9.47 Å². The second-order valence-electron chi connectivity index (χ2n) is 2.80. The van der Waals surface area contributed by atoms with Gasteiger partial charge in [-0.05, 0) is 17.7 Å². The monoisotopic (exact) mass is 262 g/mol. The Bertz CT molecular complexity index is 289. The summed E-state index contributed by atoms with van der Waals surface area (Å²) in [6.07, 6.45) is -0.420. The second kappa shape index (κ2) is 5.44. The molecule has 0 saturated carbocycles. The van der Waals surface area contributed by atoms with Crippen LogP contribution in [0.25, 0.3) is 0 Å². The van der Waals surface area contributed by atoms with Crippen LogP contribution in [-0.4, -0.2) is 20.5 Å². The van der Waals surface area contributed by atoms with Crippen LogP contribution in [0.4, 0.5) is 4.39 Å². The molecule has 4 heteroatoms. The lowest BCUT2D eigenvalue weighted by Crippen LogP contribution is -2.18. The van der Waals surface area contributed by atoms with Gasteiger partial charge in [0.15, 0.2) is 6.29 Å². The summed E-state index contributed by atoms with van der Waals surface area (Å²) in [7, 11) is 3.09. The van der Waals surface area contributed by atoms with Crippen LogP contribution in [0.3, 0.4) is 0 Å². The standard InChI is InChI=1S/C10H12BrFO2/c1-13-10(14-2)9(11)7-4-3-5-8(12)6-7/h3-6,9-10H,1-2H3. The number of ether oxygens (including phenoxy) is 2. The summed E-state index contributed by atoms with van der Waals surface area (Å²) in [5, 5.41) is 0. The van der Waals surface area contributed by atoms with Gasteiger partial charge in [0, 0.05) is 14.2 Å². The summed E-state index contributed by atoms with van der Waals surface area (Å²) in [4.78, 5) is -0.173. The van der Waals surface area contributed by atoms with Gasteiger partial charge in [0.2, 0.25) is 0 Å². The van der Waals surface area contributed by atoms with Gasteiger partial charge in [-0.25, -0.2) is 4.39 Å². The summed E-state index contributed by atoms with van der Waals surface area (Å²) in [5.74, 6) is -0.266. The van der Waals surface area contributed by atoms with E-state index in [0.717, 1.165) is 5.56 Å².